The molecule has 0 amide bonds. The van der Waals surface area contributed by atoms with Gasteiger partial charge in [0.1, 0.15) is 0 Å². The number of rotatable bonds is 76. The third-order valence-electron chi connectivity index (χ3n) is 17.5. The molecule has 0 rings (SSSR count). The van der Waals surface area contributed by atoms with E-state index in [0.29, 0.717) is 262 Å². The Balaban J connectivity index is 7.62. The Kier molecular flexibility index (Phi) is 66.7. The summed E-state index contributed by atoms with van der Waals surface area (Å²) in [7, 11) is 0. The number of aliphatic hydroxyl groups is 16. The van der Waals surface area contributed by atoms with Crippen LogP contribution in [-0.4, -0.2) is 555 Å². The number of hydrogen-bond acceptors (Lipinski definition) is 31. The van der Waals surface area contributed by atoms with E-state index in [-0.39, 0.29) is 106 Å². The Morgan fingerprint density at radius 3 is 0.234 bits per heavy atom. The van der Waals surface area contributed by atoms with Crippen LogP contribution in [0.25, 0.3) is 0 Å². The molecular weight excluding hydrogens is 1220 g/mol. The van der Waals surface area contributed by atoms with Crippen LogP contribution in [0.5, 0.6) is 0 Å². The fraction of sp³-hybridized carbons (Fsp3) is 1.00. The maximum Gasteiger partial charge on any atom is 0.0558 e. The Morgan fingerprint density at radius 2 is 0.170 bits per heavy atom. The van der Waals surface area contributed by atoms with E-state index >= 15 is 0 Å². The fourth-order valence-corrected chi connectivity index (χ4v) is 11.6. The monoisotopic (exact) mass is 1370 g/mol. The van der Waals surface area contributed by atoms with Crippen LogP contribution in [-0.2, 0) is 0 Å². The Morgan fingerprint density at radius 1 is 0.106 bits per heavy atom. The minimum Gasteiger partial charge on any atom is -0.395 e. The summed E-state index contributed by atoms with van der Waals surface area (Å²) in [4.78, 5) is 33.5. The third-order valence-corrected chi connectivity index (χ3v) is 17.5. The van der Waals surface area contributed by atoms with Gasteiger partial charge in [0.25, 0.3) is 0 Å². The Hall–Kier alpha value is -1.24. The summed E-state index contributed by atoms with van der Waals surface area (Å²) in [6, 6.07) is 0. The molecule has 0 aliphatic carbocycles. The van der Waals surface area contributed by atoms with Gasteiger partial charge in [-0.3, -0.25) is 68.6 Å². The Bertz CT molecular complexity index is 1230. The van der Waals surface area contributed by atoms with Crippen LogP contribution in [0.4, 0.5) is 0 Å². The lowest BCUT2D eigenvalue weighted by atomic mass is 10.3. The van der Waals surface area contributed by atoms with Gasteiger partial charge in [0.05, 0.1) is 106 Å². The van der Waals surface area contributed by atoms with E-state index < -0.39 is 0 Å². The van der Waals surface area contributed by atoms with Crippen molar-refractivity contribution in [3.05, 3.63) is 0 Å². The van der Waals surface area contributed by atoms with Crippen LogP contribution in [0, 0.1) is 0 Å². The van der Waals surface area contributed by atoms with Crippen LogP contribution in [0.1, 0.15) is 13.3 Å². The summed E-state index contributed by atoms with van der Waals surface area (Å²) in [5, 5.41) is 158. The normalized spacial score (nSPS) is 12.8. The molecule has 0 fully saturated rings. The van der Waals surface area contributed by atoms with Crippen molar-refractivity contribution in [1.82, 2.24) is 73.5 Å². The van der Waals surface area contributed by atoms with Crippen molar-refractivity contribution in [2.75, 3.05) is 400 Å². The topological polar surface area (TPSA) is 372 Å². The molecule has 0 unspecified atom stereocenters. The van der Waals surface area contributed by atoms with E-state index in [0.717, 1.165) is 39.1 Å². The molecule has 566 valence electrons. The lowest BCUT2D eigenvalue weighted by molar-refractivity contribution is 0.0997. The van der Waals surface area contributed by atoms with Gasteiger partial charge in [0, 0.05) is 288 Å². The van der Waals surface area contributed by atoms with Gasteiger partial charge in [-0.1, -0.05) is 6.92 Å². The van der Waals surface area contributed by atoms with Gasteiger partial charge in [-0.2, -0.15) is 0 Å². The van der Waals surface area contributed by atoms with Gasteiger partial charge in [0.15, 0.2) is 0 Å². The van der Waals surface area contributed by atoms with Gasteiger partial charge in [-0.15, -0.1) is 0 Å². The quantitative estimate of drug-likeness (QED) is 0.0269. The van der Waals surface area contributed by atoms with Gasteiger partial charge in [0.2, 0.25) is 0 Å². The molecule has 0 saturated carbocycles. The average Bonchev–Trinajstić information content (AvgIpc) is 2.87. The lowest BCUT2D eigenvalue weighted by Gasteiger charge is -2.35. The SMILES string of the molecule is CCCN(CCN(CCN(CCN(CCO)CCO)CCN(CCO)CCO)CCN(CCN(CCO)CCO)CCN(CCO)CCO)CCN(CCN(CCN(CCO)CCO)CCN(CCO)CCO)CCN(CCN(CCO)CCO)CCN(CCO)CCO. The second-order valence-electron chi connectivity index (χ2n) is 24.2. The maximum absolute atomic E-state index is 9.90. The van der Waals surface area contributed by atoms with Crippen LogP contribution >= 0.6 is 0 Å². The van der Waals surface area contributed by atoms with E-state index in [1.54, 1.807) is 0 Å². The molecule has 0 aliphatic heterocycles. The molecule has 0 heterocycles. The molecule has 0 aromatic carbocycles. The molecule has 0 aromatic rings. The predicted molar refractivity (Wildman–Crippen MR) is 370 cm³/mol. The van der Waals surface area contributed by atoms with Crippen LogP contribution in [0.15, 0.2) is 0 Å². The van der Waals surface area contributed by atoms with Crippen molar-refractivity contribution in [3.8, 4) is 0 Å². The lowest BCUT2D eigenvalue weighted by Crippen LogP contribution is -2.49. The highest BCUT2D eigenvalue weighted by Gasteiger charge is 2.22. The first-order chi connectivity index (χ1) is 45.9. The van der Waals surface area contributed by atoms with Crippen LogP contribution in [0.3, 0.4) is 0 Å². The highest BCUT2D eigenvalue weighted by Crippen LogP contribution is 2.07. The molecular formula is C63H143N15O16. The number of hydrogen-bond donors (Lipinski definition) is 16. The van der Waals surface area contributed by atoms with Crippen molar-refractivity contribution >= 4 is 0 Å². The van der Waals surface area contributed by atoms with Gasteiger partial charge in [-0.25, -0.2) is 0 Å². The second kappa shape index (κ2) is 67.6. The first-order valence-corrected chi connectivity index (χ1v) is 35.5. The van der Waals surface area contributed by atoms with Crippen molar-refractivity contribution in [1.29, 1.82) is 0 Å². The molecule has 0 radical (unpaired) electrons. The molecule has 0 atom stereocenters. The number of nitrogens with zero attached hydrogens (tertiary/aromatic N) is 15. The molecule has 31 nitrogen and oxygen atoms in total. The molecule has 31 heteroatoms. The molecule has 94 heavy (non-hydrogen) atoms. The van der Waals surface area contributed by atoms with E-state index in [9.17, 15) is 81.7 Å². The zero-order valence-corrected chi connectivity index (χ0v) is 58.7. The molecule has 0 spiro atoms. The van der Waals surface area contributed by atoms with Gasteiger partial charge >= 0.3 is 0 Å². The maximum atomic E-state index is 9.90. The van der Waals surface area contributed by atoms with Crippen molar-refractivity contribution < 1.29 is 81.7 Å². The molecule has 16 N–H and O–H groups in total. The highest BCUT2D eigenvalue weighted by atomic mass is 16.3. The minimum absolute atomic E-state index is 0.0358. The van der Waals surface area contributed by atoms with Crippen LogP contribution < -0.4 is 0 Å². The average molecular weight is 1370 g/mol. The fourth-order valence-electron chi connectivity index (χ4n) is 11.6. The zero-order valence-electron chi connectivity index (χ0n) is 58.7. The summed E-state index contributed by atoms with van der Waals surface area (Å²) in [5.41, 5.74) is 0. The summed E-state index contributed by atoms with van der Waals surface area (Å²) in [6.07, 6.45) is 0.919. The van der Waals surface area contributed by atoms with E-state index in [1.807, 2.05) is 39.2 Å². The first kappa shape index (κ1) is 92.8. The molecule has 0 saturated heterocycles. The van der Waals surface area contributed by atoms with E-state index in [4.69, 9.17) is 0 Å². The van der Waals surface area contributed by atoms with Crippen molar-refractivity contribution in [2.24, 2.45) is 0 Å². The largest absolute Gasteiger partial charge is 0.395 e. The Labute approximate surface area is 566 Å². The zero-order chi connectivity index (χ0) is 69.5. The van der Waals surface area contributed by atoms with E-state index in [1.165, 1.54) is 0 Å². The minimum atomic E-state index is -0.0358. The van der Waals surface area contributed by atoms with Crippen LogP contribution in [0.2, 0.25) is 0 Å². The number of aliphatic hydroxyl groups excluding tert-OH is 16. The predicted octanol–water partition coefficient (Wildman–Crippen LogP) is -10.2. The second-order valence-corrected chi connectivity index (χ2v) is 24.2. The summed E-state index contributed by atoms with van der Waals surface area (Å²) in [5.74, 6) is 0. The summed E-state index contributed by atoms with van der Waals surface area (Å²) >= 11 is 0. The van der Waals surface area contributed by atoms with Crippen molar-refractivity contribution in [2.45, 2.75) is 13.3 Å². The standard InChI is InChI=1S/C63H143N15O16/c1-2-3-64(4-6-65(8-12-67(16-24-71(32-48-79)33-49-80)17-25-72(34-50-81)35-51-82)9-13-68(18-26-73(36-52-83)37-53-84)19-27-74(38-54-85)39-55-86)5-7-66(10-14-69(20-28-75(40-56-87)41-57-88)21-29-76(42-58-89)43-59-90)11-15-70(22-30-77(44-60-91)45-61-92)23-31-78(46-62-93)47-63-94/h79-94H,2-63H2,1H3. The van der Waals surface area contributed by atoms with Gasteiger partial charge in [-0.05, 0) is 13.0 Å². The smallest absolute Gasteiger partial charge is 0.0558 e. The first-order valence-electron chi connectivity index (χ1n) is 35.5. The van der Waals surface area contributed by atoms with Crippen molar-refractivity contribution in [3.63, 3.8) is 0 Å². The molecule has 0 bridgehead atoms. The molecule has 0 aliphatic rings. The highest BCUT2D eigenvalue weighted by molar-refractivity contribution is 4.78. The third kappa shape index (κ3) is 51.0. The summed E-state index contributed by atoms with van der Waals surface area (Å²) in [6.45, 7) is 28.2. The van der Waals surface area contributed by atoms with E-state index in [2.05, 4.69) is 41.2 Å². The summed E-state index contributed by atoms with van der Waals surface area (Å²) < 4.78 is 0. The molecule has 0 aromatic heterocycles. The van der Waals surface area contributed by atoms with Gasteiger partial charge < -0.3 is 86.6 Å².